The Bertz CT molecular complexity index is 796. The number of aromatic amines is 1. The number of benzene rings is 1. The molecule has 0 radical (unpaired) electrons. The molecular weight excluding hydrogens is 276 g/mol. The monoisotopic (exact) mass is 294 g/mol. The number of fused-ring (bicyclic) bond motifs is 2. The molecule has 3 aromatic rings. The molecule has 0 saturated heterocycles. The van der Waals surface area contributed by atoms with E-state index in [2.05, 4.69) is 32.6 Å². The zero-order valence-electron chi connectivity index (χ0n) is 12.3. The van der Waals surface area contributed by atoms with Gasteiger partial charge in [0, 0.05) is 24.0 Å². The molecule has 0 atom stereocenters. The van der Waals surface area contributed by atoms with E-state index in [0.717, 1.165) is 47.6 Å². The second-order valence-corrected chi connectivity index (χ2v) is 5.56. The highest BCUT2D eigenvalue weighted by Gasteiger charge is 2.10. The Morgan fingerprint density at radius 1 is 1.18 bits per heavy atom. The van der Waals surface area contributed by atoms with Crippen molar-refractivity contribution in [3.05, 3.63) is 47.8 Å². The van der Waals surface area contributed by atoms with Crippen LogP contribution < -0.4 is 10.1 Å². The van der Waals surface area contributed by atoms with Gasteiger partial charge in [0.15, 0.2) is 0 Å². The first-order valence-electron chi connectivity index (χ1n) is 7.67. The summed E-state index contributed by atoms with van der Waals surface area (Å²) in [5, 5.41) is 11.4. The molecule has 4 rings (SSSR count). The second-order valence-electron chi connectivity index (χ2n) is 5.56. The van der Waals surface area contributed by atoms with Gasteiger partial charge in [-0.25, -0.2) is 4.98 Å². The zero-order valence-corrected chi connectivity index (χ0v) is 12.3. The van der Waals surface area contributed by atoms with Crippen LogP contribution in [0.1, 0.15) is 17.7 Å². The summed E-state index contributed by atoms with van der Waals surface area (Å²) in [5.74, 6) is 1.91. The van der Waals surface area contributed by atoms with E-state index in [0.29, 0.717) is 6.61 Å². The molecule has 2 aromatic heterocycles. The Morgan fingerprint density at radius 2 is 2.18 bits per heavy atom. The fraction of sp³-hybridized carbons (Fsp3) is 0.294. The molecule has 5 heteroatoms. The number of aryl methyl sites for hydroxylation is 1. The third kappa shape index (κ3) is 2.62. The summed E-state index contributed by atoms with van der Waals surface area (Å²) in [6, 6.07) is 10.2. The topological polar surface area (TPSA) is 62.8 Å². The number of aromatic nitrogens is 3. The van der Waals surface area contributed by atoms with E-state index in [1.807, 2.05) is 18.2 Å². The van der Waals surface area contributed by atoms with E-state index in [1.54, 1.807) is 6.20 Å². The minimum Gasteiger partial charge on any atom is -0.493 e. The highest BCUT2D eigenvalue weighted by Crippen LogP contribution is 2.21. The van der Waals surface area contributed by atoms with E-state index in [9.17, 15) is 0 Å². The smallest absolute Gasteiger partial charge is 0.129 e. The summed E-state index contributed by atoms with van der Waals surface area (Å²) in [6.07, 6.45) is 4.92. The molecule has 0 bridgehead atoms. The number of pyridine rings is 1. The lowest BCUT2D eigenvalue weighted by atomic mass is 10.1. The predicted octanol–water partition coefficient (Wildman–Crippen LogP) is 2.94. The normalized spacial score (nSPS) is 13.6. The molecule has 0 saturated carbocycles. The first-order chi connectivity index (χ1) is 10.9. The van der Waals surface area contributed by atoms with Crippen LogP contribution in [0.3, 0.4) is 0 Å². The molecule has 0 fully saturated rings. The van der Waals surface area contributed by atoms with E-state index in [-0.39, 0.29) is 0 Å². The van der Waals surface area contributed by atoms with Crippen LogP contribution in [0.2, 0.25) is 0 Å². The van der Waals surface area contributed by atoms with E-state index in [4.69, 9.17) is 4.74 Å². The largest absolute Gasteiger partial charge is 0.493 e. The van der Waals surface area contributed by atoms with Crippen molar-refractivity contribution in [1.82, 2.24) is 15.2 Å². The fourth-order valence-electron chi connectivity index (χ4n) is 2.79. The Hall–Kier alpha value is -2.56. The van der Waals surface area contributed by atoms with Crippen LogP contribution in [0, 0.1) is 0 Å². The maximum absolute atomic E-state index is 5.83. The van der Waals surface area contributed by atoms with Crippen LogP contribution in [0.15, 0.2) is 36.5 Å². The second kappa shape index (κ2) is 5.67. The quantitative estimate of drug-likeness (QED) is 0.776. The van der Waals surface area contributed by atoms with E-state index < -0.39 is 0 Å². The van der Waals surface area contributed by atoms with Crippen molar-refractivity contribution in [2.45, 2.75) is 19.3 Å². The standard InChI is InChI=1S/C17H18N4O/c1-2-12-3-4-14(20-17(12)18-8-1)7-9-22-15-5-6-16-13(10-15)11-19-21-16/h3-6,10-11H,1-2,7-9H2,(H,18,20)(H,19,21). The Balaban J connectivity index is 1.40. The van der Waals surface area contributed by atoms with Gasteiger partial charge < -0.3 is 10.1 Å². The van der Waals surface area contributed by atoms with Gasteiger partial charge in [-0.05, 0) is 42.7 Å². The predicted molar refractivity (Wildman–Crippen MR) is 86.3 cm³/mol. The number of hydrogen-bond acceptors (Lipinski definition) is 4. The van der Waals surface area contributed by atoms with Crippen molar-refractivity contribution in [2.75, 3.05) is 18.5 Å². The molecular formula is C17H18N4O. The molecule has 22 heavy (non-hydrogen) atoms. The lowest BCUT2D eigenvalue weighted by Gasteiger charge is -2.17. The van der Waals surface area contributed by atoms with Gasteiger partial charge in [0.2, 0.25) is 0 Å². The molecule has 1 aliphatic rings. The zero-order chi connectivity index (χ0) is 14.8. The van der Waals surface area contributed by atoms with Crippen molar-refractivity contribution in [2.24, 2.45) is 0 Å². The first kappa shape index (κ1) is 13.1. The lowest BCUT2D eigenvalue weighted by Crippen LogP contribution is -2.14. The molecule has 0 spiro atoms. The Labute approximate surface area is 128 Å². The summed E-state index contributed by atoms with van der Waals surface area (Å²) < 4.78 is 5.83. The van der Waals surface area contributed by atoms with Crippen LogP contribution in [-0.4, -0.2) is 28.3 Å². The summed E-state index contributed by atoms with van der Waals surface area (Å²) in [4.78, 5) is 4.68. The average Bonchev–Trinajstić information content (AvgIpc) is 3.02. The SMILES string of the molecule is c1cc2[nH]ncc2cc1OCCc1ccc2c(n1)NCCC2. The van der Waals surface area contributed by atoms with Crippen molar-refractivity contribution in [1.29, 1.82) is 0 Å². The summed E-state index contributed by atoms with van der Waals surface area (Å²) in [7, 11) is 0. The van der Waals surface area contributed by atoms with Crippen molar-refractivity contribution in [3.63, 3.8) is 0 Å². The Morgan fingerprint density at radius 3 is 3.18 bits per heavy atom. The van der Waals surface area contributed by atoms with Gasteiger partial charge >= 0.3 is 0 Å². The lowest BCUT2D eigenvalue weighted by molar-refractivity contribution is 0.321. The molecule has 3 heterocycles. The molecule has 0 aliphatic carbocycles. The fourth-order valence-corrected chi connectivity index (χ4v) is 2.79. The number of hydrogen-bond donors (Lipinski definition) is 2. The molecule has 1 aromatic carbocycles. The first-order valence-corrected chi connectivity index (χ1v) is 7.67. The van der Waals surface area contributed by atoms with Crippen molar-refractivity contribution >= 4 is 16.7 Å². The van der Waals surface area contributed by atoms with Crippen LogP contribution in [0.25, 0.3) is 10.9 Å². The highest BCUT2D eigenvalue weighted by molar-refractivity contribution is 5.79. The molecule has 1 aliphatic heterocycles. The summed E-state index contributed by atoms with van der Waals surface area (Å²) >= 11 is 0. The van der Waals surface area contributed by atoms with E-state index >= 15 is 0 Å². The minimum atomic E-state index is 0.620. The third-order valence-corrected chi connectivity index (χ3v) is 3.99. The molecule has 0 unspecified atom stereocenters. The number of rotatable bonds is 4. The van der Waals surface area contributed by atoms with Gasteiger partial charge in [-0.3, -0.25) is 5.10 Å². The van der Waals surface area contributed by atoms with Gasteiger partial charge in [-0.15, -0.1) is 0 Å². The van der Waals surface area contributed by atoms with Crippen LogP contribution >= 0.6 is 0 Å². The average molecular weight is 294 g/mol. The van der Waals surface area contributed by atoms with Crippen molar-refractivity contribution in [3.8, 4) is 5.75 Å². The van der Waals surface area contributed by atoms with Gasteiger partial charge in [-0.2, -0.15) is 5.10 Å². The molecule has 0 amide bonds. The number of anilines is 1. The number of H-pyrrole nitrogens is 1. The maximum atomic E-state index is 5.83. The van der Waals surface area contributed by atoms with E-state index in [1.165, 1.54) is 12.0 Å². The van der Waals surface area contributed by atoms with Gasteiger partial charge in [0.25, 0.3) is 0 Å². The van der Waals surface area contributed by atoms with Crippen LogP contribution in [0.5, 0.6) is 5.75 Å². The molecule has 5 nitrogen and oxygen atoms in total. The molecule has 2 N–H and O–H groups in total. The maximum Gasteiger partial charge on any atom is 0.129 e. The Kier molecular flexibility index (Phi) is 3.39. The van der Waals surface area contributed by atoms with Gasteiger partial charge in [0.1, 0.15) is 11.6 Å². The minimum absolute atomic E-state index is 0.620. The number of nitrogens with zero attached hydrogens (tertiary/aromatic N) is 2. The molecule has 112 valence electrons. The van der Waals surface area contributed by atoms with Gasteiger partial charge in [-0.1, -0.05) is 6.07 Å². The highest BCUT2D eigenvalue weighted by atomic mass is 16.5. The third-order valence-electron chi connectivity index (χ3n) is 3.99. The summed E-state index contributed by atoms with van der Waals surface area (Å²) in [6.45, 7) is 1.64. The van der Waals surface area contributed by atoms with Crippen LogP contribution in [-0.2, 0) is 12.8 Å². The number of nitrogens with one attached hydrogen (secondary N) is 2. The van der Waals surface area contributed by atoms with Crippen molar-refractivity contribution < 1.29 is 4.74 Å². The number of ether oxygens (including phenoxy) is 1. The van der Waals surface area contributed by atoms with Crippen LogP contribution in [0.4, 0.5) is 5.82 Å². The van der Waals surface area contributed by atoms with Gasteiger partial charge in [0.05, 0.1) is 18.3 Å². The summed E-state index contributed by atoms with van der Waals surface area (Å²) in [5.41, 5.74) is 3.41.